The molecule has 0 spiro atoms. The molecule has 29 heavy (non-hydrogen) atoms. The molecular weight excluding hydrogens is 392 g/mol. The van der Waals surface area contributed by atoms with Gasteiger partial charge in [-0.05, 0) is 34.2 Å². The van der Waals surface area contributed by atoms with E-state index in [0.29, 0.717) is 39.7 Å². The number of thioether (sulfide) groups is 1. The number of fused-ring (bicyclic) bond motifs is 1. The summed E-state index contributed by atoms with van der Waals surface area (Å²) in [5, 5.41) is 12.8. The topological polar surface area (TPSA) is 116 Å². The van der Waals surface area contributed by atoms with Gasteiger partial charge in [0, 0.05) is 0 Å². The van der Waals surface area contributed by atoms with Crippen molar-refractivity contribution in [3.63, 3.8) is 0 Å². The van der Waals surface area contributed by atoms with Crippen molar-refractivity contribution in [2.24, 2.45) is 0 Å². The highest BCUT2D eigenvalue weighted by Gasteiger charge is 2.12. The van der Waals surface area contributed by atoms with E-state index in [1.165, 1.54) is 24.9 Å². The SMILES string of the molecule is COC(=O)c1ccc2c(=O)[nH]c(CSc3nnnn3Cc3ccccc3)nc2c1. The van der Waals surface area contributed by atoms with Crippen LogP contribution in [0.4, 0.5) is 0 Å². The Morgan fingerprint density at radius 1 is 1.21 bits per heavy atom. The fourth-order valence-corrected chi connectivity index (χ4v) is 3.54. The number of nitrogens with zero attached hydrogens (tertiary/aromatic N) is 5. The predicted molar refractivity (Wildman–Crippen MR) is 107 cm³/mol. The van der Waals surface area contributed by atoms with Gasteiger partial charge in [0.05, 0.1) is 35.9 Å². The number of aromatic amines is 1. The number of tetrazole rings is 1. The lowest BCUT2D eigenvalue weighted by atomic mass is 10.1. The van der Waals surface area contributed by atoms with Crippen LogP contribution in [0.5, 0.6) is 0 Å². The first-order chi connectivity index (χ1) is 14.1. The van der Waals surface area contributed by atoms with Crippen molar-refractivity contribution in [2.75, 3.05) is 7.11 Å². The van der Waals surface area contributed by atoms with Crippen LogP contribution in [0.3, 0.4) is 0 Å². The summed E-state index contributed by atoms with van der Waals surface area (Å²) in [7, 11) is 1.31. The van der Waals surface area contributed by atoms with Gasteiger partial charge in [0.2, 0.25) is 5.16 Å². The normalized spacial score (nSPS) is 10.9. The van der Waals surface area contributed by atoms with Crippen LogP contribution in [0.15, 0.2) is 58.5 Å². The second-order valence-electron chi connectivity index (χ2n) is 6.13. The van der Waals surface area contributed by atoms with Gasteiger partial charge < -0.3 is 9.72 Å². The van der Waals surface area contributed by atoms with E-state index in [1.54, 1.807) is 16.8 Å². The van der Waals surface area contributed by atoms with Gasteiger partial charge in [-0.15, -0.1) is 5.10 Å². The number of carbonyl (C=O) groups is 1. The first-order valence-corrected chi connectivity index (χ1v) is 9.67. The molecule has 0 saturated heterocycles. The molecule has 0 radical (unpaired) electrons. The third-order valence-corrected chi connectivity index (χ3v) is 5.16. The Morgan fingerprint density at radius 3 is 2.83 bits per heavy atom. The minimum absolute atomic E-state index is 0.272. The van der Waals surface area contributed by atoms with E-state index >= 15 is 0 Å². The quantitative estimate of drug-likeness (QED) is 0.381. The van der Waals surface area contributed by atoms with Crippen LogP contribution in [0.2, 0.25) is 0 Å². The van der Waals surface area contributed by atoms with Crippen LogP contribution in [0, 0.1) is 0 Å². The lowest BCUT2D eigenvalue weighted by Gasteiger charge is -2.06. The van der Waals surface area contributed by atoms with E-state index in [2.05, 4.69) is 25.5 Å². The fraction of sp³-hybridized carbons (Fsp3) is 0.158. The largest absolute Gasteiger partial charge is 0.465 e. The molecule has 2 aromatic heterocycles. The van der Waals surface area contributed by atoms with Crippen LogP contribution in [-0.4, -0.2) is 43.3 Å². The first kappa shape index (κ1) is 18.8. The number of benzene rings is 2. The molecule has 0 aliphatic heterocycles. The van der Waals surface area contributed by atoms with E-state index < -0.39 is 5.97 Å². The second-order valence-corrected chi connectivity index (χ2v) is 7.07. The molecule has 0 unspecified atom stereocenters. The van der Waals surface area contributed by atoms with Crippen molar-refractivity contribution in [1.29, 1.82) is 0 Å². The Balaban J connectivity index is 1.55. The summed E-state index contributed by atoms with van der Waals surface area (Å²) in [5.41, 5.74) is 1.57. The van der Waals surface area contributed by atoms with Gasteiger partial charge in [-0.25, -0.2) is 14.5 Å². The summed E-state index contributed by atoms with van der Waals surface area (Å²) < 4.78 is 6.41. The molecule has 0 bridgehead atoms. The summed E-state index contributed by atoms with van der Waals surface area (Å²) in [6, 6.07) is 14.5. The highest BCUT2D eigenvalue weighted by molar-refractivity contribution is 7.98. The number of rotatable bonds is 6. The van der Waals surface area contributed by atoms with Crippen LogP contribution in [0.1, 0.15) is 21.7 Å². The van der Waals surface area contributed by atoms with Crippen LogP contribution in [-0.2, 0) is 17.0 Å². The van der Waals surface area contributed by atoms with Crippen molar-refractivity contribution < 1.29 is 9.53 Å². The number of ether oxygens (including phenoxy) is 1. The zero-order valence-electron chi connectivity index (χ0n) is 15.4. The molecule has 0 atom stereocenters. The Kier molecular flexibility index (Phi) is 5.34. The summed E-state index contributed by atoms with van der Waals surface area (Å²) in [6.45, 7) is 0.542. The maximum Gasteiger partial charge on any atom is 0.337 e. The Labute approximate surface area is 169 Å². The number of carbonyl (C=O) groups excluding carboxylic acids is 1. The van der Waals surface area contributed by atoms with Gasteiger partial charge in [0.1, 0.15) is 5.82 Å². The average Bonchev–Trinajstić information content (AvgIpc) is 3.19. The average molecular weight is 408 g/mol. The minimum Gasteiger partial charge on any atom is -0.465 e. The summed E-state index contributed by atoms with van der Waals surface area (Å²) in [4.78, 5) is 31.3. The molecule has 0 aliphatic rings. The van der Waals surface area contributed by atoms with E-state index in [9.17, 15) is 9.59 Å². The number of aromatic nitrogens is 6. The molecule has 9 nitrogen and oxygen atoms in total. The molecule has 0 fully saturated rings. The third-order valence-electron chi connectivity index (χ3n) is 4.19. The maximum absolute atomic E-state index is 12.4. The number of H-pyrrole nitrogens is 1. The smallest absolute Gasteiger partial charge is 0.337 e. The lowest BCUT2D eigenvalue weighted by molar-refractivity contribution is 0.0601. The van der Waals surface area contributed by atoms with Crippen molar-refractivity contribution >= 4 is 28.6 Å². The molecule has 1 N–H and O–H groups in total. The Hall–Kier alpha value is -3.53. The van der Waals surface area contributed by atoms with Crippen LogP contribution >= 0.6 is 11.8 Å². The summed E-state index contributed by atoms with van der Waals surface area (Å²) in [5.74, 6) is 0.344. The van der Waals surface area contributed by atoms with Gasteiger partial charge >= 0.3 is 5.97 Å². The van der Waals surface area contributed by atoms with Crippen molar-refractivity contribution in [2.45, 2.75) is 17.5 Å². The summed E-state index contributed by atoms with van der Waals surface area (Å²) >= 11 is 1.36. The van der Waals surface area contributed by atoms with Crippen LogP contribution in [0.25, 0.3) is 10.9 Å². The van der Waals surface area contributed by atoms with E-state index in [1.807, 2.05) is 30.3 Å². The molecule has 0 amide bonds. The molecular formula is C19H16N6O3S. The molecule has 4 rings (SSSR count). The van der Waals surface area contributed by atoms with E-state index in [0.717, 1.165) is 5.56 Å². The van der Waals surface area contributed by atoms with E-state index in [-0.39, 0.29) is 5.56 Å². The first-order valence-electron chi connectivity index (χ1n) is 8.68. The van der Waals surface area contributed by atoms with Crippen LogP contribution < -0.4 is 5.56 Å². The summed E-state index contributed by atoms with van der Waals surface area (Å²) in [6.07, 6.45) is 0. The standard InChI is InChI=1S/C19H16N6O3S/c1-28-18(27)13-7-8-14-15(9-13)20-16(21-17(14)26)11-29-19-22-23-24-25(19)10-12-5-3-2-4-6-12/h2-9H,10-11H2,1H3,(H,20,21,26). The molecule has 146 valence electrons. The highest BCUT2D eigenvalue weighted by Crippen LogP contribution is 2.20. The Morgan fingerprint density at radius 2 is 2.03 bits per heavy atom. The van der Waals surface area contributed by atoms with Crippen molar-refractivity contribution in [3.05, 3.63) is 75.8 Å². The number of esters is 1. The molecule has 0 saturated carbocycles. The maximum atomic E-state index is 12.4. The molecule has 2 aromatic carbocycles. The zero-order chi connectivity index (χ0) is 20.2. The van der Waals surface area contributed by atoms with Gasteiger partial charge in [-0.3, -0.25) is 4.79 Å². The molecule has 4 aromatic rings. The van der Waals surface area contributed by atoms with E-state index in [4.69, 9.17) is 4.74 Å². The Bertz CT molecular complexity index is 1220. The van der Waals surface area contributed by atoms with Gasteiger partial charge in [-0.2, -0.15) is 0 Å². The van der Waals surface area contributed by atoms with Gasteiger partial charge in [-0.1, -0.05) is 42.1 Å². The van der Waals surface area contributed by atoms with Crippen molar-refractivity contribution in [3.8, 4) is 0 Å². The zero-order valence-corrected chi connectivity index (χ0v) is 16.2. The number of hydrogen-bond acceptors (Lipinski definition) is 8. The highest BCUT2D eigenvalue weighted by atomic mass is 32.2. The van der Waals surface area contributed by atoms with Crippen molar-refractivity contribution in [1.82, 2.24) is 30.2 Å². The minimum atomic E-state index is -0.481. The fourth-order valence-electron chi connectivity index (χ4n) is 2.79. The number of nitrogens with one attached hydrogen (secondary N) is 1. The second kappa shape index (κ2) is 8.23. The van der Waals surface area contributed by atoms with Gasteiger partial charge in [0.15, 0.2) is 0 Å². The van der Waals surface area contributed by atoms with Gasteiger partial charge in [0.25, 0.3) is 5.56 Å². The number of hydrogen-bond donors (Lipinski definition) is 1. The molecule has 0 aliphatic carbocycles. The third kappa shape index (κ3) is 4.16. The monoisotopic (exact) mass is 408 g/mol. The predicted octanol–water partition coefficient (Wildman–Crippen LogP) is 2.04. The molecule has 2 heterocycles. The number of methoxy groups -OCH3 is 1. The lowest BCUT2D eigenvalue weighted by Crippen LogP contribution is -2.12. The molecule has 10 heteroatoms.